The molecule has 1 aromatic carbocycles. The number of nitrogen functional groups attached to an aromatic ring is 1. The monoisotopic (exact) mass is 271 g/mol. The smallest absolute Gasteiger partial charge is 0.251 e. The second-order valence-corrected chi connectivity index (χ2v) is 4.43. The molecule has 2 rings (SSSR count). The van der Waals surface area contributed by atoms with E-state index in [0.29, 0.717) is 17.0 Å². The minimum Gasteiger partial charge on any atom is -0.495 e. The summed E-state index contributed by atoms with van der Waals surface area (Å²) in [6.07, 6.45) is 3.40. The van der Waals surface area contributed by atoms with Crippen LogP contribution in [0, 0.1) is 0 Å². The molecule has 3 N–H and O–H groups in total. The fraction of sp³-hybridized carbons (Fsp3) is 0.200. The van der Waals surface area contributed by atoms with Gasteiger partial charge < -0.3 is 15.8 Å². The summed E-state index contributed by atoms with van der Waals surface area (Å²) in [7, 11) is 1.54. The number of pyridine rings is 1. The highest BCUT2D eigenvalue weighted by Crippen LogP contribution is 2.22. The van der Waals surface area contributed by atoms with Crippen LogP contribution < -0.4 is 15.8 Å². The zero-order chi connectivity index (χ0) is 14.5. The van der Waals surface area contributed by atoms with Gasteiger partial charge in [-0.2, -0.15) is 0 Å². The lowest BCUT2D eigenvalue weighted by atomic mass is 10.1. The summed E-state index contributed by atoms with van der Waals surface area (Å²) in [4.78, 5) is 16.1. The standard InChI is InChI=1S/C15H17N3O2/c1-10(11-5-7-17-8-6-11)18-15(19)12-3-4-14(20-2)13(16)9-12/h3-10H,16H2,1-2H3,(H,18,19). The summed E-state index contributed by atoms with van der Waals surface area (Å²) < 4.78 is 5.07. The molecule has 0 saturated carbocycles. The van der Waals surface area contributed by atoms with Gasteiger partial charge in [-0.1, -0.05) is 0 Å². The van der Waals surface area contributed by atoms with Crippen LogP contribution in [0.15, 0.2) is 42.7 Å². The maximum atomic E-state index is 12.2. The number of carbonyl (C=O) groups excluding carboxylic acids is 1. The van der Waals surface area contributed by atoms with Gasteiger partial charge in [0.05, 0.1) is 18.8 Å². The fourth-order valence-electron chi connectivity index (χ4n) is 1.89. The third-order valence-electron chi connectivity index (χ3n) is 3.05. The van der Waals surface area contributed by atoms with Gasteiger partial charge in [-0.25, -0.2) is 0 Å². The summed E-state index contributed by atoms with van der Waals surface area (Å²) in [5, 5.41) is 2.91. The van der Waals surface area contributed by atoms with Crippen LogP contribution in [0.5, 0.6) is 5.75 Å². The number of nitrogens with two attached hydrogens (primary N) is 1. The average Bonchev–Trinajstić information content (AvgIpc) is 2.48. The number of ether oxygens (including phenoxy) is 1. The average molecular weight is 271 g/mol. The van der Waals surface area contributed by atoms with Gasteiger partial charge >= 0.3 is 0 Å². The number of rotatable bonds is 4. The third kappa shape index (κ3) is 3.06. The van der Waals surface area contributed by atoms with Crippen molar-refractivity contribution in [2.24, 2.45) is 0 Å². The summed E-state index contributed by atoms with van der Waals surface area (Å²) in [5.74, 6) is 0.382. The van der Waals surface area contributed by atoms with Crippen molar-refractivity contribution in [1.82, 2.24) is 10.3 Å². The van der Waals surface area contributed by atoms with Crippen LogP contribution in [0.3, 0.4) is 0 Å². The van der Waals surface area contributed by atoms with E-state index in [9.17, 15) is 4.79 Å². The quantitative estimate of drug-likeness (QED) is 0.835. The Morgan fingerprint density at radius 3 is 2.60 bits per heavy atom. The van der Waals surface area contributed by atoms with E-state index < -0.39 is 0 Å². The number of hydrogen-bond acceptors (Lipinski definition) is 4. The first-order valence-corrected chi connectivity index (χ1v) is 6.26. The van der Waals surface area contributed by atoms with Crippen molar-refractivity contribution in [3.63, 3.8) is 0 Å². The third-order valence-corrected chi connectivity index (χ3v) is 3.05. The molecule has 0 saturated heterocycles. The molecule has 20 heavy (non-hydrogen) atoms. The highest BCUT2D eigenvalue weighted by Gasteiger charge is 2.12. The molecular formula is C15H17N3O2. The van der Waals surface area contributed by atoms with Crippen molar-refractivity contribution in [2.75, 3.05) is 12.8 Å². The number of hydrogen-bond donors (Lipinski definition) is 2. The molecule has 0 spiro atoms. The summed E-state index contributed by atoms with van der Waals surface area (Å²) >= 11 is 0. The van der Waals surface area contributed by atoms with E-state index >= 15 is 0 Å². The van der Waals surface area contributed by atoms with Gasteiger partial charge in [0.2, 0.25) is 0 Å². The van der Waals surface area contributed by atoms with Gasteiger partial charge in [-0.05, 0) is 42.8 Å². The van der Waals surface area contributed by atoms with Crippen molar-refractivity contribution in [1.29, 1.82) is 0 Å². The molecule has 0 aliphatic carbocycles. The van der Waals surface area contributed by atoms with Gasteiger partial charge in [0.15, 0.2) is 0 Å². The van der Waals surface area contributed by atoms with Crippen LogP contribution in [0.2, 0.25) is 0 Å². The highest BCUT2D eigenvalue weighted by atomic mass is 16.5. The second-order valence-electron chi connectivity index (χ2n) is 4.43. The molecule has 5 nitrogen and oxygen atoms in total. The largest absolute Gasteiger partial charge is 0.495 e. The van der Waals surface area contributed by atoms with Gasteiger partial charge in [-0.3, -0.25) is 9.78 Å². The SMILES string of the molecule is COc1ccc(C(=O)NC(C)c2ccncc2)cc1N. The molecule has 0 radical (unpaired) electrons. The first-order chi connectivity index (χ1) is 9.61. The molecule has 0 aliphatic rings. The van der Waals surface area contributed by atoms with Crippen molar-refractivity contribution < 1.29 is 9.53 Å². The highest BCUT2D eigenvalue weighted by molar-refractivity contribution is 5.95. The number of anilines is 1. The lowest BCUT2D eigenvalue weighted by Crippen LogP contribution is -2.26. The van der Waals surface area contributed by atoms with E-state index in [4.69, 9.17) is 10.5 Å². The Balaban J connectivity index is 2.10. The minimum absolute atomic E-state index is 0.103. The molecule has 1 unspecified atom stereocenters. The summed E-state index contributed by atoms with van der Waals surface area (Å²) in [6, 6.07) is 8.60. The van der Waals surface area contributed by atoms with Gasteiger partial charge in [0.25, 0.3) is 5.91 Å². The van der Waals surface area contributed by atoms with Gasteiger partial charge in [0.1, 0.15) is 5.75 Å². The van der Waals surface area contributed by atoms with E-state index in [0.717, 1.165) is 5.56 Å². The molecule has 0 fully saturated rings. The number of aromatic nitrogens is 1. The lowest BCUT2D eigenvalue weighted by molar-refractivity contribution is 0.0940. The first-order valence-electron chi connectivity index (χ1n) is 6.26. The number of nitrogens with zero attached hydrogens (tertiary/aromatic N) is 1. The van der Waals surface area contributed by atoms with Crippen LogP contribution in [0.1, 0.15) is 28.9 Å². The maximum absolute atomic E-state index is 12.2. The van der Waals surface area contributed by atoms with E-state index in [-0.39, 0.29) is 11.9 Å². The number of carbonyl (C=O) groups is 1. The second kappa shape index (κ2) is 6.06. The van der Waals surface area contributed by atoms with Crippen LogP contribution in [-0.4, -0.2) is 18.0 Å². The molecule has 5 heteroatoms. The van der Waals surface area contributed by atoms with Crippen LogP contribution in [0.25, 0.3) is 0 Å². The van der Waals surface area contributed by atoms with Crippen molar-refractivity contribution in [3.05, 3.63) is 53.9 Å². The zero-order valence-corrected chi connectivity index (χ0v) is 11.5. The topological polar surface area (TPSA) is 77.2 Å². The normalized spacial score (nSPS) is 11.7. The van der Waals surface area contributed by atoms with Crippen molar-refractivity contribution >= 4 is 11.6 Å². The Hall–Kier alpha value is -2.56. The summed E-state index contributed by atoms with van der Waals surface area (Å²) in [6.45, 7) is 1.92. The summed E-state index contributed by atoms with van der Waals surface area (Å²) in [5.41, 5.74) is 7.74. The van der Waals surface area contributed by atoms with E-state index in [1.165, 1.54) is 7.11 Å². The van der Waals surface area contributed by atoms with E-state index in [1.807, 2.05) is 19.1 Å². The first kappa shape index (κ1) is 13.9. The molecular weight excluding hydrogens is 254 g/mol. The molecule has 1 aromatic heterocycles. The number of benzene rings is 1. The molecule has 0 bridgehead atoms. The van der Waals surface area contributed by atoms with Crippen molar-refractivity contribution in [3.8, 4) is 5.75 Å². The molecule has 2 aromatic rings. The van der Waals surface area contributed by atoms with E-state index in [2.05, 4.69) is 10.3 Å². The zero-order valence-electron chi connectivity index (χ0n) is 11.5. The Bertz CT molecular complexity index is 599. The minimum atomic E-state index is -0.177. The predicted molar refractivity (Wildman–Crippen MR) is 77.5 cm³/mol. The molecule has 1 amide bonds. The predicted octanol–water partition coefficient (Wildman–Crippen LogP) is 2.16. The van der Waals surface area contributed by atoms with Crippen LogP contribution in [-0.2, 0) is 0 Å². The number of methoxy groups -OCH3 is 1. The Morgan fingerprint density at radius 2 is 2.00 bits per heavy atom. The van der Waals surface area contributed by atoms with Crippen molar-refractivity contribution in [2.45, 2.75) is 13.0 Å². The molecule has 1 heterocycles. The number of nitrogens with one attached hydrogen (secondary N) is 1. The molecule has 104 valence electrons. The Labute approximate surface area is 117 Å². The molecule has 0 aliphatic heterocycles. The van der Waals surface area contributed by atoms with Crippen LogP contribution >= 0.6 is 0 Å². The van der Waals surface area contributed by atoms with E-state index in [1.54, 1.807) is 30.6 Å². The van der Waals surface area contributed by atoms with Gasteiger partial charge in [-0.15, -0.1) is 0 Å². The fourth-order valence-corrected chi connectivity index (χ4v) is 1.89. The Morgan fingerprint density at radius 1 is 1.30 bits per heavy atom. The van der Waals surface area contributed by atoms with Crippen LogP contribution in [0.4, 0.5) is 5.69 Å². The number of amides is 1. The lowest BCUT2D eigenvalue weighted by Gasteiger charge is -2.14. The Kier molecular flexibility index (Phi) is 4.20. The maximum Gasteiger partial charge on any atom is 0.251 e. The molecule has 1 atom stereocenters. The van der Waals surface area contributed by atoms with Gasteiger partial charge in [0, 0.05) is 18.0 Å².